The number of nitrogens with one attached hydrogen (secondary N) is 1. The van der Waals surface area contributed by atoms with Crippen LogP contribution in [-0.2, 0) is 9.59 Å². The molecule has 1 N–H and O–H groups in total. The van der Waals surface area contributed by atoms with Crippen molar-refractivity contribution in [3.05, 3.63) is 35.9 Å². The van der Waals surface area contributed by atoms with E-state index in [9.17, 15) is 9.59 Å². The van der Waals surface area contributed by atoms with E-state index in [4.69, 9.17) is 0 Å². The lowest BCUT2D eigenvalue weighted by atomic mass is 9.85. The Balaban J connectivity index is 2.30. The van der Waals surface area contributed by atoms with E-state index in [1.807, 2.05) is 62.9 Å². The first-order valence-electron chi connectivity index (χ1n) is 7.45. The van der Waals surface area contributed by atoms with Gasteiger partial charge in [-0.25, -0.2) is 0 Å². The van der Waals surface area contributed by atoms with Crippen molar-refractivity contribution in [2.75, 3.05) is 6.54 Å². The lowest BCUT2D eigenvalue weighted by Crippen LogP contribution is -2.52. The minimum absolute atomic E-state index is 0.00435. The number of carbonyl (C=O) groups excluding carboxylic acids is 2. The fourth-order valence-electron chi connectivity index (χ4n) is 2.68. The maximum absolute atomic E-state index is 12.9. The number of nitrogens with zero attached hydrogens (tertiary/aromatic N) is 1. The molecule has 2 amide bonds. The molecule has 0 spiro atoms. The molecule has 1 aromatic rings. The molecule has 1 aromatic carbocycles. The molecule has 4 nitrogen and oxygen atoms in total. The van der Waals surface area contributed by atoms with Crippen LogP contribution in [0.4, 0.5) is 0 Å². The van der Waals surface area contributed by atoms with Crippen LogP contribution in [0.5, 0.6) is 0 Å². The van der Waals surface area contributed by atoms with Crippen molar-refractivity contribution in [1.29, 1.82) is 0 Å². The van der Waals surface area contributed by atoms with E-state index >= 15 is 0 Å². The molecule has 0 aliphatic carbocycles. The van der Waals surface area contributed by atoms with Gasteiger partial charge in [0.15, 0.2) is 0 Å². The first-order valence-corrected chi connectivity index (χ1v) is 7.45. The largest absolute Gasteiger partial charge is 0.344 e. The van der Waals surface area contributed by atoms with Crippen LogP contribution in [0.25, 0.3) is 0 Å². The zero-order valence-corrected chi connectivity index (χ0v) is 13.2. The van der Waals surface area contributed by atoms with Crippen molar-refractivity contribution < 1.29 is 9.59 Å². The molecular formula is C17H24N2O2. The van der Waals surface area contributed by atoms with Gasteiger partial charge in [-0.2, -0.15) is 0 Å². The molecule has 0 aromatic heterocycles. The topological polar surface area (TPSA) is 49.4 Å². The fraction of sp³-hybridized carbons (Fsp3) is 0.529. The summed E-state index contributed by atoms with van der Waals surface area (Å²) in [5.41, 5.74) is 0.791. The highest BCUT2D eigenvalue weighted by atomic mass is 16.2. The van der Waals surface area contributed by atoms with Crippen LogP contribution in [0.1, 0.15) is 45.7 Å². The smallest absolute Gasteiger partial charge is 0.246 e. The highest BCUT2D eigenvalue weighted by Crippen LogP contribution is 2.28. The van der Waals surface area contributed by atoms with Gasteiger partial charge >= 0.3 is 0 Å². The molecule has 4 heteroatoms. The number of hydrogen-bond acceptors (Lipinski definition) is 2. The molecule has 0 saturated carbocycles. The van der Waals surface area contributed by atoms with Crippen LogP contribution in [0.2, 0.25) is 0 Å². The van der Waals surface area contributed by atoms with Gasteiger partial charge in [-0.05, 0) is 17.9 Å². The maximum atomic E-state index is 12.9. The Bertz CT molecular complexity index is 519. The Kier molecular flexibility index (Phi) is 4.35. The molecule has 2 atom stereocenters. The zero-order valence-electron chi connectivity index (χ0n) is 13.2. The number of amides is 2. The Hall–Kier alpha value is -1.84. The minimum atomic E-state index is -0.473. The molecule has 1 aliphatic rings. The van der Waals surface area contributed by atoms with Gasteiger partial charge in [0.2, 0.25) is 11.8 Å². The molecule has 1 saturated heterocycles. The Morgan fingerprint density at radius 3 is 2.38 bits per heavy atom. The van der Waals surface area contributed by atoms with Gasteiger partial charge in [-0.15, -0.1) is 0 Å². The van der Waals surface area contributed by atoms with Gasteiger partial charge in [-0.3, -0.25) is 9.59 Å². The molecule has 21 heavy (non-hydrogen) atoms. The number of benzene rings is 1. The van der Waals surface area contributed by atoms with Crippen molar-refractivity contribution >= 4 is 11.8 Å². The van der Waals surface area contributed by atoms with Crippen molar-refractivity contribution in [2.45, 2.75) is 46.2 Å². The van der Waals surface area contributed by atoms with Crippen molar-refractivity contribution in [3.63, 3.8) is 0 Å². The van der Waals surface area contributed by atoms with Crippen molar-refractivity contribution in [3.8, 4) is 0 Å². The monoisotopic (exact) mass is 288 g/mol. The predicted molar refractivity (Wildman–Crippen MR) is 82.6 cm³/mol. The van der Waals surface area contributed by atoms with Crippen LogP contribution in [0, 0.1) is 5.41 Å². The van der Waals surface area contributed by atoms with Crippen LogP contribution in [0.3, 0.4) is 0 Å². The summed E-state index contributed by atoms with van der Waals surface area (Å²) in [7, 11) is 0. The van der Waals surface area contributed by atoms with E-state index in [1.165, 1.54) is 0 Å². The molecular weight excluding hydrogens is 264 g/mol. The van der Waals surface area contributed by atoms with Gasteiger partial charge in [0.1, 0.15) is 6.04 Å². The van der Waals surface area contributed by atoms with Crippen LogP contribution >= 0.6 is 0 Å². The minimum Gasteiger partial charge on any atom is -0.344 e. The van der Waals surface area contributed by atoms with Crippen LogP contribution in [0.15, 0.2) is 30.3 Å². The Labute approximate surface area is 126 Å². The number of rotatable bonds is 2. The van der Waals surface area contributed by atoms with Gasteiger partial charge in [-0.1, -0.05) is 51.1 Å². The summed E-state index contributed by atoms with van der Waals surface area (Å²) in [5.74, 6) is -0.0456. The highest BCUT2D eigenvalue weighted by molar-refractivity contribution is 5.90. The van der Waals surface area contributed by atoms with Crippen LogP contribution < -0.4 is 5.32 Å². The standard InChI is InChI=1S/C17H24N2O2/c1-12(13-8-6-5-7-9-13)19-11-10-14(20)18-15(16(19)21)17(2,3)4/h5-9,12,15H,10-11H2,1-4H3,(H,18,20). The second kappa shape index (κ2) is 5.88. The van der Waals surface area contributed by atoms with Gasteiger partial charge < -0.3 is 10.2 Å². The summed E-state index contributed by atoms with van der Waals surface area (Å²) in [4.78, 5) is 26.6. The fourth-order valence-corrected chi connectivity index (χ4v) is 2.68. The van der Waals surface area contributed by atoms with Crippen molar-refractivity contribution in [2.24, 2.45) is 5.41 Å². The summed E-state index contributed by atoms with van der Waals surface area (Å²) in [6.45, 7) is 8.42. The third-order valence-electron chi connectivity index (χ3n) is 4.03. The van der Waals surface area contributed by atoms with Crippen LogP contribution in [-0.4, -0.2) is 29.3 Å². The van der Waals surface area contributed by atoms with E-state index in [0.717, 1.165) is 5.56 Å². The van der Waals surface area contributed by atoms with E-state index < -0.39 is 6.04 Å². The first kappa shape index (κ1) is 15.5. The first-order chi connectivity index (χ1) is 9.80. The summed E-state index contributed by atoms with van der Waals surface area (Å²) in [5, 5.41) is 2.87. The second-order valence-electron chi connectivity index (χ2n) is 6.73. The van der Waals surface area contributed by atoms with Gasteiger partial charge in [0.05, 0.1) is 6.04 Å². The average Bonchev–Trinajstić information content (AvgIpc) is 2.58. The summed E-state index contributed by atoms with van der Waals surface area (Å²) in [6.07, 6.45) is 0.357. The quantitative estimate of drug-likeness (QED) is 0.909. The molecule has 114 valence electrons. The lowest BCUT2D eigenvalue weighted by Gasteiger charge is -2.35. The third-order valence-corrected chi connectivity index (χ3v) is 4.03. The molecule has 1 heterocycles. The molecule has 0 radical (unpaired) electrons. The Morgan fingerprint density at radius 1 is 1.19 bits per heavy atom. The van der Waals surface area contributed by atoms with Gasteiger partial charge in [0.25, 0.3) is 0 Å². The average molecular weight is 288 g/mol. The number of carbonyl (C=O) groups is 2. The molecule has 0 bridgehead atoms. The lowest BCUT2D eigenvalue weighted by molar-refractivity contribution is -0.138. The molecule has 2 rings (SSSR count). The number of hydrogen-bond donors (Lipinski definition) is 1. The molecule has 1 aliphatic heterocycles. The Morgan fingerprint density at radius 2 is 1.81 bits per heavy atom. The summed E-state index contributed by atoms with van der Waals surface area (Å²) < 4.78 is 0. The van der Waals surface area contributed by atoms with E-state index in [2.05, 4.69) is 5.32 Å². The van der Waals surface area contributed by atoms with E-state index in [0.29, 0.717) is 13.0 Å². The predicted octanol–water partition coefficient (Wildman–Crippen LogP) is 2.51. The summed E-state index contributed by atoms with van der Waals surface area (Å²) in [6, 6.07) is 9.44. The summed E-state index contributed by atoms with van der Waals surface area (Å²) >= 11 is 0. The van der Waals surface area contributed by atoms with Gasteiger partial charge in [0, 0.05) is 13.0 Å². The zero-order chi connectivity index (χ0) is 15.6. The molecule has 2 unspecified atom stereocenters. The van der Waals surface area contributed by atoms with E-state index in [1.54, 1.807) is 0 Å². The normalized spacial score (nSPS) is 21.7. The maximum Gasteiger partial charge on any atom is 0.246 e. The molecule has 1 fully saturated rings. The highest BCUT2D eigenvalue weighted by Gasteiger charge is 2.39. The second-order valence-corrected chi connectivity index (χ2v) is 6.73. The SMILES string of the molecule is CC(c1ccccc1)N1CCC(=O)NC(C(C)(C)C)C1=O. The third kappa shape index (κ3) is 3.43. The van der Waals surface area contributed by atoms with E-state index in [-0.39, 0.29) is 23.3 Å². The van der Waals surface area contributed by atoms with Crippen molar-refractivity contribution in [1.82, 2.24) is 10.2 Å².